The number of hydrogen-bond acceptors (Lipinski definition) is 4. The van der Waals surface area contributed by atoms with Crippen molar-refractivity contribution in [2.24, 2.45) is 0 Å². The molecule has 5 heteroatoms. The number of aromatic nitrogens is 1. The first-order chi connectivity index (χ1) is 6.67. The number of carbonyl (C=O) groups excluding carboxylic acids is 1. The van der Waals surface area contributed by atoms with Crippen molar-refractivity contribution in [1.29, 1.82) is 5.26 Å². The van der Waals surface area contributed by atoms with Crippen molar-refractivity contribution in [2.45, 2.75) is 6.42 Å². The lowest BCUT2D eigenvalue weighted by molar-refractivity contribution is -0.139. The van der Waals surface area contributed by atoms with Gasteiger partial charge in [-0.3, -0.25) is 4.79 Å². The largest absolute Gasteiger partial charge is 0.469 e. The van der Waals surface area contributed by atoms with Crippen molar-refractivity contribution in [3.05, 3.63) is 28.5 Å². The maximum atomic E-state index is 10.9. The molecule has 0 radical (unpaired) electrons. The smallest absolute Gasteiger partial charge is 0.311 e. The van der Waals surface area contributed by atoms with Gasteiger partial charge in [0.15, 0.2) is 0 Å². The minimum atomic E-state index is -0.448. The number of esters is 1. The summed E-state index contributed by atoms with van der Waals surface area (Å²) in [6.07, 6.45) is -0.0417. The van der Waals surface area contributed by atoms with Gasteiger partial charge in [-0.05, 0) is 12.1 Å². The Labute approximate surface area is 86.1 Å². The minimum Gasteiger partial charge on any atom is -0.469 e. The van der Waals surface area contributed by atoms with Gasteiger partial charge in [0.25, 0.3) is 0 Å². The first-order valence-corrected chi connectivity index (χ1v) is 4.17. The summed E-state index contributed by atoms with van der Waals surface area (Å²) in [5.74, 6) is -0.448. The Morgan fingerprint density at radius 1 is 1.71 bits per heavy atom. The SMILES string of the molecule is COC(=O)Cc1nc(Cl)ccc1C#N. The molecule has 0 unspecified atom stereocenters. The second-order valence-electron chi connectivity index (χ2n) is 2.49. The van der Waals surface area contributed by atoms with Crippen molar-refractivity contribution < 1.29 is 9.53 Å². The van der Waals surface area contributed by atoms with E-state index in [9.17, 15) is 4.79 Å². The lowest BCUT2D eigenvalue weighted by Gasteiger charge is -2.01. The van der Waals surface area contributed by atoms with Crippen LogP contribution in [0.4, 0.5) is 0 Å². The topological polar surface area (TPSA) is 63.0 Å². The standard InChI is InChI=1S/C9H7ClN2O2/c1-14-9(13)4-7-6(5-11)2-3-8(10)12-7/h2-3H,4H2,1H3. The Bertz CT molecular complexity index is 398. The highest BCUT2D eigenvalue weighted by Crippen LogP contribution is 2.11. The van der Waals surface area contributed by atoms with Gasteiger partial charge >= 0.3 is 5.97 Å². The third-order valence-corrected chi connectivity index (χ3v) is 1.81. The van der Waals surface area contributed by atoms with E-state index >= 15 is 0 Å². The maximum Gasteiger partial charge on any atom is 0.311 e. The highest BCUT2D eigenvalue weighted by Gasteiger charge is 2.09. The van der Waals surface area contributed by atoms with Gasteiger partial charge in [-0.2, -0.15) is 5.26 Å². The first kappa shape index (κ1) is 10.5. The fourth-order valence-corrected chi connectivity index (χ4v) is 1.09. The van der Waals surface area contributed by atoms with E-state index in [1.165, 1.54) is 19.2 Å². The average Bonchev–Trinajstić information content (AvgIpc) is 2.18. The van der Waals surface area contributed by atoms with Crippen LogP contribution in [0.15, 0.2) is 12.1 Å². The third-order valence-electron chi connectivity index (χ3n) is 1.60. The number of methoxy groups -OCH3 is 1. The molecule has 0 N–H and O–H groups in total. The van der Waals surface area contributed by atoms with E-state index in [1.807, 2.05) is 6.07 Å². The number of halogens is 1. The number of carbonyl (C=O) groups is 1. The minimum absolute atomic E-state index is 0.0417. The van der Waals surface area contributed by atoms with Gasteiger partial charge in [0, 0.05) is 0 Å². The summed E-state index contributed by atoms with van der Waals surface area (Å²) >= 11 is 5.63. The molecule has 0 aliphatic heterocycles. The van der Waals surface area contributed by atoms with Crippen LogP contribution in [0.5, 0.6) is 0 Å². The van der Waals surface area contributed by atoms with Crippen LogP contribution in [-0.4, -0.2) is 18.1 Å². The molecule has 1 aromatic rings. The lowest BCUT2D eigenvalue weighted by Crippen LogP contribution is -2.07. The van der Waals surface area contributed by atoms with Gasteiger partial charge in [0.1, 0.15) is 11.2 Å². The molecule has 0 bridgehead atoms. The zero-order chi connectivity index (χ0) is 10.6. The van der Waals surface area contributed by atoms with Crippen LogP contribution in [0.1, 0.15) is 11.3 Å². The second-order valence-corrected chi connectivity index (χ2v) is 2.88. The van der Waals surface area contributed by atoms with Gasteiger partial charge < -0.3 is 4.74 Å². The van der Waals surface area contributed by atoms with Gasteiger partial charge in [-0.1, -0.05) is 11.6 Å². The first-order valence-electron chi connectivity index (χ1n) is 3.79. The molecule has 0 aliphatic carbocycles. The number of hydrogen-bond donors (Lipinski definition) is 0. The summed E-state index contributed by atoms with van der Waals surface area (Å²) in [4.78, 5) is 14.8. The highest BCUT2D eigenvalue weighted by molar-refractivity contribution is 6.29. The molecule has 0 saturated heterocycles. The molecule has 0 atom stereocenters. The Balaban J connectivity index is 3.00. The molecular weight excluding hydrogens is 204 g/mol. The van der Waals surface area contributed by atoms with Crippen LogP contribution in [0.3, 0.4) is 0 Å². The molecule has 14 heavy (non-hydrogen) atoms. The van der Waals surface area contributed by atoms with E-state index in [0.29, 0.717) is 11.3 Å². The molecule has 72 valence electrons. The summed E-state index contributed by atoms with van der Waals surface area (Å²) in [5.41, 5.74) is 0.673. The number of pyridine rings is 1. The number of nitriles is 1. The Hall–Kier alpha value is -1.60. The van der Waals surface area contributed by atoms with Crippen molar-refractivity contribution in [3.63, 3.8) is 0 Å². The van der Waals surface area contributed by atoms with Gasteiger partial charge in [0.05, 0.1) is 24.8 Å². The zero-order valence-corrected chi connectivity index (χ0v) is 8.21. The quantitative estimate of drug-likeness (QED) is 0.546. The molecule has 0 aliphatic rings. The number of rotatable bonds is 2. The summed E-state index contributed by atoms with van der Waals surface area (Å²) in [6.45, 7) is 0. The Morgan fingerprint density at radius 2 is 2.43 bits per heavy atom. The van der Waals surface area contributed by atoms with Crippen LogP contribution in [0.25, 0.3) is 0 Å². The molecule has 1 rings (SSSR count). The van der Waals surface area contributed by atoms with E-state index < -0.39 is 5.97 Å². The molecule has 0 amide bonds. The fourth-order valence-electron chi connectivity index (χ4n) is 0.920. The van der Waals surface area contributed by atoms with E-state index in [-0.39, 0.29) is 11.6 Å². The molecule has 4 nitrogen and oxygen atoms in total. The molecule has 1 heterocycles. The molecule has 0 aromatic carbocycles. The van der Waals surface area contributed by atoms with Crippen molar-refractivity contribution in [3.8, 4) is 6.07 Å². The molecule has 0 fully saturated rings. The lowest BCUT2D eigenvalue weighted by atomic mass is 10.1. The molecule has 0 saturated carbocycles. The van der Waals surface area contributed by atoms with Gasteiger partial charge in [0.2, 0.25) is 0 Å². The monoisotopic (exact) mass is 210 g/mol. The van der Waals surface area contributed by atoms with Crippen molar-refractivity contribution in [1.82, 2.24) is 4.98 Å². The highest BCUT2D eigenvalue weighted by atomic mass is 35.5. The van der Waals surface area contributed by atoms with E-state index in [4.69, 9.17) is 16.9 Å². The van der Waals surface area contributed by atoms with Crippen LogP contribution < -0.4 is 0 Å². The molecular formula is C9H7ClN2O2. The Kier molecular flexibility index (Phi) is 3.43. The van der Waals surface area contributed by atoms with Crippen LogP contribution in [0, 0.1) is 11.3 Å². The second kappa shape index (κ2) is 4.58. The van der Waals surface area contributed by atoms with E-state index in [0.717, 1.165) is 0 Å². The van der Waals surface area contributed by atoms with Gasteiger partial charge in [-0.25, -0.2) is 4.98 Å². The summed E-state index contributed by atoms with van der Waals surface area (Å²) in [5, 5.41) is 8.96. The van der Waals surface area contributed by atoms with Gasteiger partial charge in [-0.15, -0.1) is 0 Å². The molecule has 1 aromatic heterocycles. The summed E-state index contributed by atoms with van der Waals surface area (Å²) < 4.78 is 4.46. The van der Waals surface area contributed by atoms with Crippen LogP contribution in [0.2, 0.25) is 5.15 Å². The fraction of sp³-hybridized carbons (Fsp3) is 0.222. The van der Waals surface area contributed by atoms with Crippen LogP contribution >= 0.6 is 11.6 Å². The predicted molar refractivity (Wildman–Crippen MR) is 49.7 cm³/mol. The number of nitrogens with zero attached hydrogens (tertiary/aromatic N) is 2. The van der Waals surface area contributed by atoms with E-state index in [1.54, 1.807) is 0 Å². The van der Waals surface area contributed by atoms with Crippen molar-refractivity contribution >= 4 is 17.6 Å². The normalized spacial score (nSPS) is 9.21. The zero-order valence-electron chi connectivity index (χ0n) is 7.45. The third kappa shape index (κ3) is 2.44. The maximum absolute atomic E-state index is 10.9. The number of ether oxygens (including phenoxy) is 1. The summed E-state index contributed by atoms with van der Waals surface area (Å²) in [7, 11) is 1.28. The Morgan fingerprint density at radius 3 is 3.00 bits per heavy atom. The van der Waals surface area contributed by atoms with Crippen LogP contribution in [-0.2, 0) is 16.0 Å². The predicted octanol–water partition coefficient (Wildman–Crippen LogP) is 1.32. The summed E-state index contributed by atoms with van der Waals surface area (Å²) in [6, 6.07) is 4.95. The van der Waals surface area contributed by atoms with Crippen molar-refractivity contribution in [2.75, 3.05) is 7.11 Å². The molecule has 0 spiro atoms. The average molecular weight is 211 g/mol. The van der Waals surface area contributed by atoms with E-state index in [2.05, 4.69) is 9.72 Å².